The van der Waals surface area contributed by atoms with E-state index in [1.54, 1.807) is 41.3 Å². The van der Waals surface area contributed by atoms with Crippen LogP contribution in [0.25, 0.3) is 5.69 Å². The molecule has 2 aromatic rings. The Hall–Kier alpha value is -2.70. The number of aliphatic carboxylic acids is 1. The maximum Gasteiger partial charge on any atom is 0.308 e. The van der Waals surface area contributed by atoms with Crippen LogP contribution in [0.4, 0.5) is 0 Å². The number of nitrogens with one attached hydrogen (secondary N) is 1. The van der Waals surface area contributed by atoms with Crippen LogP contribution < -0.4 is 5.32 Å². The molecule has 1 unspecified atom stereocenters. The number of rotatable bonds is 7. The predicted molar refractivity (Wildman–Crippen MR) is 79.7 cm³/mol. The van der Waals surface area contributed by atoms with E-state index < -0.39 is 11.9 Å². The number of carboxylic acid groups (broad SMARTS) is 1. The number of carbonyl (C=O) groups is 2. The van der Waals surface area contributed by atoms with Crippen molar-refractivity contribution in [2.24, 2.45) is 5.92 Å². The summed E-state index contributed by atoms with van der Waals surface area (Å²) in [5.74, 6) is -1.72. The van der Waals surface area contributed by atoms with Crippen LogP contribution >= 0.6 is 0 Å². The van der Waals surface area contributed by atoms with Gasteiger partial charge in [0.1, 0.15) is 0 Å². The molecule has 2 N–H and O–H groups in total. The van der Waals surface area contributed by atoms with Gasteiger partial charge < -0.3 is 10.4 Å². The number of hydrogen-bond donors (Lipinski definition) is 2. The van der Waals surface area contributed by atoms with E-state index in [1.165, 1.54) is 0 Å². The van der Waals surface area contributed by atoms with E-state index in [0.29, 0.717) is 12.0 Å². The van der Waals surface area contributed by atoms with E-state index in [2.05, 4.69) is 15.6 Å². The smallest absolute Gasteiger partial charge is 0.308 e. The fourth-order valence-electron chi connectivity index (χ4n) is 2.09. The lowest BCUT2D eigenvalue weighted by molar-refractivity contribution is -0.141. The van der Waals surface area contributed by atoms with Gasteiger partial charge in [-0.05, 0) is 30.7 Å². The molecule has 0 aliphatic heterocycles. The molecule has 1 amide bonds. The average molecular weight is 302 g/mol. The van der Waals surface area contributed by atoms with Crippen molar-refractivity contribution in [3.8, 4) is 5.69 Å². The number of carbonyl (C=O) groups excluding carboxylic acids is 1. The van der Waals surface area contributed by atoms with Crippen LogP contribution in [0.15, 0.2) is 36.7 Å². The molecule has 7 nitrogen and oxygen atoms in total. The Morgan fingerprint density at radius 1 is 1.32 bits per heavy atom. The Kier molecular flexibility index (Phi) is 5.24. The second-order valence-corrected chi connectivity index (χ2v) is 4.93. The van der Waals surface area contributed by atoms with Crippen LogP contribution in [-0.2, 0) is 4.79 Å². The van der Waals surface area contributed by atoms with Crippen LogP contribution in [0, 0.1) is 5.92 Å². The van der Waals surface area contributed by atoms with Crippen LogP contribution in [0.3, 0.4) is 0 Å². The van der Waals surface area contributed by atoms with Gasteiger partial charge in [-0.3, -0.25) is 9.59 Å². The van der Waals surface area contributed by atoms with Crippen molar-refractivity contribution in [3.63, 3.8) is 0 Å². The van der Waals surface area contributed by atoms with Crippen molar-refractivity contribution < 1.29 is 14.7 Å². The summed E-state index contributed by atoms with van der Waals surface area (Å²) in [6.45, 7) is 2.05. The average Bonchev–Trinajstić information content (AvgIpc) is 3.05. The maximum atomic E-state index is 12.0. The Balaban J connectivity index is 1.96. The van der Waals surface area contributed by atoms with Gasteiger partial charge in [0.05, 0.1) is 24.0 Å². The topological polar surface area (TPSA) is 97.1 Å². The predicted octanol–water partition coefficient (Wildman–Crippen LogP) is 1.50. The molecule has 0 spiro atoms. The van der Waals surface area contributed by atoms with Crippen LogP contribution in [0.1, 0.15) is 30.1 Å². The number of hydrogen-bond acceptors (Lipinski definition) is 4. The fourth-order valence-corrected chi connectivity index (χ4v) is 2.09. The minimum atomic E-state index is -0.885. The van der Waals surface area contributed by atoms with E-state index in [1.807, 2.05) is 6.92 Å². The zero-order valence-electron chi connectivity index (χ0n) is 12.3. The molecule has 1 atom stereocenters. The quantitative estimate of drug-likeness (QED) is 0.807. The van der Waals surface area contributed by atoms with Gasteiger partial charge in [-0.1, -0.05) is 18.6 Å². The van der Waals surface area contributed by atoms with Gasteiger partial charge in [-0.25, -0.2) is 4.68 Å². The third-order valence-electron chi connectivity index (χ3n) is 3.31. The van der Waals surface area contributed by atoms with Gasteiger partial charge in [-0.15, -0.1) is 5.10 Å². The number of nitrogens with zero attached hydrogens (tertiary/aromatic N) is 3. The van der Waals surface area contributed by atoms with Gasteiger partial charge >= 0.3 is 5.97 Å². The van der Waals surface area contributed by atoms with Crippen molar-refractivity contribution in [2.75, 3.05) is 6.54 Å². The third-order valence-corrected chi connectivity index (χ3v) is 3.31. The molecule has 0 saturated heterocycles. The molecule has 0 bridgehead atoms. The Morgan fingerprint density at radius 2 is 2.05 bits per heavy atom. The number of amides is 1. The molecular formula is C15H18N4O3. The van der Waals surface area contributed by atoms with Crippen LogP contribution in [-0.4, -0.2) is 38.5 Å². The number of carboxylic acids is 1. The van der Waals surface area contributed by atoms with E-state index in [0.717, 1.165) is 12.1 Å². The second-order valence-electron chi connectivity index (χ2n) is 4.93. The van der Waals surface area contributed by atoms with Crippen molar-refractivity contribution in [2.45, 2.75) is 19.8 Å². The minimum absolute atomic E-state index is 0.132. The van der Waals surface area contributed by atoms with Gasteiger partial charge in [0.15, 0.2) is 0 Å². The van der Waals surface area contributed by atoms with Crippen molar-refractivity contribution >= 4 is 11.9 Å². The summed E-state index contributed by atoms with van der Waals surface area (Å²) >= 11 is 0. The lowest BCUT2D eigenvalue weighted by Crippen LogP contribution is -2.32. The van der Waals surface area contributed by atoms with Gasteiger partial charge in [0, 0.05) is 12.1 Å². The summed E-state index contributed by atoms with van der Waals surface area (Å²) in [6, 6.07) is 6.85. The first-order chi connectivity index (χ1) is 10.6. The maximum absolute atomic E-state index is 12.0. The van der Waals surface area contributed by atoms with Gasteiger partial charge in [-0.2, -0.15) is 0 Å². The lowest BCUT2D eigenvalue weighted by Gasteiger charge is -2.12. The first kappa shape index (κ1) is 15.7. The molecule has 116 valence electrons. The Bertz CT molecular complexity index is 623. The Labute approximate surface area is 128 Å². The lowest BCUT2D eigenvalue weighted by atomic mass is 10.0. The van der Waals surface area contributed by atoms with Crippen LogP contribution in [0.5, 0.6) is 0 Å². The summed E-state index contributed by atoms with van der Waals surface area (Å²) in [6.07, 6.45) is 4.58. The second kappa shape index (κ2) is 7.35. The largest absolute Gasteiger partial charge is 0.481 e. The fraction of sp³-hybridized carbons (Fsp3) is 0.333. The Morgan fingerprint density at radius 3 is 2.59 bits per heavy atom. The molecule has 0 radical (unpaired) electrons. The highest BCUT2D eigenvalue weighted by atomic mass is 16.4. The number of benzene rings is 1. The molecule has 1 heterocycles. The standard InChI is InChI=1S/C15H18N4O3/c1-2-3-12(15(21)22)10-16-14(20)11-4-6-13(7-5-11)19-9-8-17-18-19/h4-9,12H,2-3,10H2,1H3,(H,16,20)(H,21,22). The summed E-state index contributed by atoms with van der Waals surface area (Å²) < 4.78 is 1.59. The summed E-state index contributed by atoms with van der Waals surface area (Å²) in [5, 5.41) is 19.3. The van der Waals surface area contributed by atoms with E-state index in [4.69, 9.17) is 5.11 Å². The monoisotopic (exact) mass is 302 g/mol. The molecule has 2 rings (SSSR count). The molecule has 0 aliphatic carbocycles. The number of aromatic nitrogens is 3. The first-order valence-electron chi connectivity index (χ1n) is 7.09. The van der Waals surface area contributed by atoms with E-state index in [-0.39, 0.29) is 12.5 Å². The first-order valence-corrected chi connectivity index (χ1v) is 7.09. The molecule has 22 heavy (non-hydrogen) atoms. The SMILES string of the molecule is CCCC(CNC(=O)c1ccc(-n2ccnn2)cc1)C(=O)O. The van der Waals surface area contributed by atoms with Gasteiger partial charge in [0.25, 0.3) is 5.91 Å². The van der Waals surface area contributed by atoms with E-state index >= 15 is 0 Å². The van der Waals surface area contributed by atoms with Crippen LogP contribution in [0.2, 0.25) is 0 Å². The zero-order chi connectivity index (χ0) is 15.9. The van der Waals surface area contributed by atoms with Crippen molar-refractivity contribution in [3.05, 3.63) is 42.2 Å². The molecule has 7 heteroatoms. The third kappa shape index (κ3) is 3.91. The highest BCUT2D eigenvalue weighted by molar-refractivity contribution is 5.94. The molecule has 1 aromatic heterocycles. The molecule has 1 aromatic carbocycles. The summed E-state index contributed by atoms with van der Waals surface area (Å²) in [7, 11) is 0. The highest BCUT2D eigenvalue weighted by Gasteiger charge is 2.17. The summed E-state index contributed by atoms with van der Waals surface area (Å²) in [5.41, 5.74) is 1.27. The molecule has 0 aliphatic rings. The molecule has 0 saturated carbocycles. The normalized spacial score (nSPS) is 11.9. The highest BCUT2D eigenvalue weighted by Crippen LogP contribution is 2.09. The molecule has 0 fully saturated rings. The van der Waals surface area contributed by atoms with Crippen molar-refractivity contribution in [1.29, 1.82) is 0 Å². The summed E-state index contributed by atoms with van der Waals surface area (Å²) in [4.78, 5) is 23.1. The van der Waals surface area contributed by atoms with Gasteiger partial charge in [0.2, 0.25) is 0 Å². The van der Waals surface area contributed by atoms with Crippen molar-refractivity contribution in [1.82, 2.24) is 20.3 Å². The molecular weight excluding hydrogens is 284 g/mol. The van der Waals surface area contributed by atoms with E-state index in [9.17, 15) is 9.59 Å². The minimum Gasteiger partial charge on any atom is -0.481 e. The zero-order valence-corrected chi connectivity index (χ0v) is 12.3.